The lowest BCUT2D eigenvalue weighted by atomic mass is 9.64. The van der Waals surface area contributed by atoms with Crippen LogP contribution in [-0.2, 0) is 5.41 Å². The smallest absolute Gasteiger partial charge is 0.104 e. The molecular formula is C59H43N3. The molecule has 0 amide bonds. The predicted molar refractivity (Wildman–Crippen MR) is 255 cm³/mol. The fourth-order valence-electron chi connectivity index (χ4n) is 10.4. The van der Waals surface area contributed by atoms with Gasteiger partial charge in [-0.1, -0.05) is 188 Å². The molecule has 0 saturated carbocycles. The molecule has 9 aromatic rings. The average Bonchev–Trinajstić information content (AvgIpc) is 3.65. The predicted octanol–water partition coefficient (Wildman–Crippen LogP) is 14.1. The molecule has 3 aliphatic rings. The van der Waals surface area contributed by atoms with E-state index in [0.717, 1.165) is 11.4 Å². The minimum atomic E-state index is -0.513. The van der Waals surface area contributed by atoms with Gasteiger partial charge in [0.15, 0.2) is 0 Å². The van der Waals surface area contributed by atoms with Crippen molar-refractivity contribution in [3.63, 3.8) is 0 Å². The van der Waals surface area contributed by atoms with E-state index in [9.17, 15) is 0 Å². The van der Waals surface area contributed by atoms with Gasteiger partial charge in [-0.3, -0.25) is 5.32 Å². The monoisotopic (exact) mass is 793 g/mol. The third-order valence-corrected chi connectivity index (χ3v) is 13.1. The van der Waals surface area contributed by atoms with Gasteiger partial charge in [0, 0.05) is 11.4 Å². The van der Waals surface area contributed by atoms with Gasteiger partial charge in [0.2, 0.25) is 0 Å². The maximum absolute atomic E-state index is 3.99. The highest BCUT2D eigenvalue weighted by Gasteiger charge is 2.51. The van der Waals surface area contributed by atoms with Crippen LogP contribution < -0.4 is 15.5 Å². The highest BCUT2D eigenvalue weighted by molar-refractivity contribution is 5.96. The molecule has 2 unspecified atom stereocenters. The van der Waals surface area contributed by atoms with Crippen LogP contribution in [0.25, 0.3) is 39.1 Å². The molecule has 3 nitrogen and oxygen atoms in total. The average molecular weight is 794 g/mol. The summed E-state index contributed by atoms with van der Waals surface area (Å²) in [6, 6.07) is 84.4. The van der Waals surface area contributed by atoms with Crippen LogP contribution in [0.1, 0.15) is 51.2 Å². The second-order valence-electron chi connectivity index (χ2n) is 16.5. The lowest BCUT2D eigenvalue weighted by Crippen LogP contribution is -2.39. The maximum atomic E-state index is 3.99. The van der Waals surface area contributed by atoms with Gasteiger partial charge < -0.3 is 10.2 Å². The number of para-hydroxylation sites is 3. The molecule has 2 aliphatic heterocycles. The van der Waals surface area contributed by atoms with Crippen LogP contribution in [0.2, 0.25) is 0 Å². The molecule has 2 N–H and O–H groups in total. The normalized spacial score (nSPS) is 16.6. The van der Waals surface area contributed by atoms with E-state index in [-0.39, 0.29) is 12.2 Å². The summed E-state index contributed by atoms with van der Waals surface area (Å²) in [5, 5.41) is 7.89. The zero-order valence-electron chi connectivity index (χ0n) is 34.1. The largest absolute Gasteiger partial charge is 0.366 e. The number of hydrogen-bond donors (Lipinski definition) is 2. The summed E-state index contributed by atoms with van der Waals surface area (Å²) in [5.74, 6) is 0. The lowest BCUT2D eigenvalue weighted by molar-refractivity contribution is 0.443. The van der Waals surface area contributed by atoms with Gasteiger partial charge in [0.1, 0.15) is 6.17 Å². The summed E-state index contributed by atoms with van der Waals surface area (Å²) in [7, 11) is 0. The van der Waals surface area contributed by atoms with E-state index in [1.54, 1.807) is 0 Å². The lowest BCUT2D eigenvalue weighted by Gasteiger charge is -2.45. The molecule has 0 radical (unpaired) electrons. The van der Waals surface area contributed by atoms with Crippen LogP contribution in [0.4, 0.5) is 17.1 Å². The Bertz CT molecular complexity index is 3100. The van der Waals surface area contributed by atoms with Crippen LogP contribution in [0, 0.1) is 0 Å². The fraction of sp³-hybridized carbons (Fsp3) is 0.0508. The van der Waals surface area contributed by atoms with E-state index in [2.05, 4.69) is 252 Å². The molecular weight excluding hydrogens is 751 g/mol. The molecule has 1 spiro atoms. The van der Waals surface area contributed by atoms with E-state index < -0.39 is 5.41 Å². The summed E-state index contributed by atoms with van der Waals surface area (Å²) >= 11 is 0. The fourth-order valence-corrected chi connectivity index (χ4v) is 10.4. The Morgan fingerprint density at radius 2 is 0.887 bits per heavy atom. The number of rotatable bonds is 6. The van der Waals surface area contributed by atoms with Gasteiger partial charge in [-0.25, -0.2) is 0 Å². The van der Waals surface area contributed by atoms with Gasteiger partial charge in [-0.15, -0.1) is 0 Å². The highest BCUT2D eigenvalue weighted by atomic mass is 15.2. The van der Waals surface area contributed by atoms with Crippen molar-refractivity contribution >= 4 is 22.8 Å². The Balaban J connectivity index is 0.978. The number of nitrogens with one attached hydrogen (secondary N) is 2. The molecule has 0 aromatic heterocycles. The molecule has 2 heterocycles. The van der Waals surface area contributed by atoms with Gasteiger partial charge in [-0.05, 0) is 121 Å². The minimum Gasteiger partial charge on any atom is -0.366 e. The first kappa shape index (κ1) is 36.2. The van der Waals surface area contributed by atoms with Crippen molar-refractivity contribution in [2.75, 3.05) is 4.90 Å². The first-order valence-electron chi connectivity index (χ1n) is 21.6. The number of hydrogen-bond acceptors (Lipinski definition) is 3. The van der Waals surface area contributed by atoms with Crippen molar-refractivity contribution in [3.8, 4) is 33.4 Å². The van der Waals surface area contributed by atoms with Crippen molar-refractivity contribution < 1.29 is 0 Å². The highest BCUT2D eigenvalue weighted by Crippen LogP contribution is 2.63. The molecule has 1 aliphatic carbocycles. The Kier molecular flexibility index (Phi) is 8.62. The molecule has 0 fully saturated rings. The van der Waals surface area contributed by atoms with Crippen molar-refractivity contribution in [2.24, 2.45) is 0 Å². The van der Waals surface area contributed by atoms with E-state index in [1.807, 2.05) is 0 Å². The van der Waals surface area contributed by atoms with Gasteiger partial charge in [0.05, 0.1) is 22.8 Å². The van der Waals surface area contributed by atoms with Crippen molar-refractivity contribution in [3.05, 3.63) is 276 Å². The number of anilines is 3. The van der Waals surface area contributed by atoms with Gasteiger partial charge in [0.25, 0.3) is 0 Å². The van der Waals surface area contributed by atoms with Crippen molar-refractivity contribution in [1.82, 2.24) is 10.6 Å². The quantitative estimate of drug-likeness (QED) is 0.176. The minimum absolute atomic E-state index is 0.0102. The molecule has 12 rings (SSSR count). The van der Waals surface area contributed by atoms with E-state index in [1.165, 1.54) is 83.7 Å². The van der Waals surface area contributed by atoms with E-state index >= 15 is 0 Å². The van der Waals surface area contributed by atoms with E-state index in [0.29, 0.717) is 0 Å². The van der Waals surface area contributed by atoms with Crippen LogP contribution >= 0.6 is 0 Å². The standard InChI is InChI=1S/C59H43N3/c1-4-18-40(19-5-1)42-22-16-24-45(36-42)55-39-54(41-20-6-2-7-21-41)60-58(61-55)46-25-17-23-43(37-46)44-34-35-49-48-28-10-11-29-50(48)59(53(49)38-44)51-30-12-14-32-56(51)62(47-26-8-3-9-27-47)57-33-15-13-31-52(57)59/h1-39,55,58,60-61H. The molecule has 0 saturated heterocycles. The molecule has 0 bridgehead atoms. The van der Waals surface area contributed by atoms with Gasteiger partial charge in [-0.2, -0.15) is 0 Å². The molecule has 2 atom stereocenters. The Hall–Kier alpha value is -7.72. The van der Waals surface area contributed by atoms with Crippen molar-refractivity contribution in [1.29, 1.82) is 0 Å². The van der Waals surface area contributed by atoms with Gasteiger partial charge >= 0.3 is 0 Å². The Labute approximate surface area is 363 Å². The SMILES string of the molecule is C1=C(c2ccccc2)NC(c2cccc(-c3ccc4c(c3)C3(c5ccccc5-4)c4ccccc4N(c4ccccc4)c4ccccc43)c2)NC1c1cccc(-c2ccccc2)c1. The van der Waals surface area contributed by atoms with Crippen LogP contribution in [-0.4, -0.2) is 0 Å². The first-order valence-corrected chi connectivity index (χ1v) is 21.6. The van der Waals surface area contributed by atoms with Crippen LogP contribution in [0.5, 0.6) is 0 Å². The van der Waals surface area contributed by atoms with E-state index in [4.69, 9.17) is 0 Å². The number of fused-ring (bicyclic) bond motifs is 9. The number of benzene rings is 9. The second kappa shape index (κ2) is 14.8. The molecule has 294 valence electrons. The third-order valence-electron chi connectivity index (χ3n) is 13.1. The third kappa shape index (κ3) is 5.78. The Morgan fingerprint density at radius 3 is 1.60 bits per heavy atom. The summed E-state index contributed by atoms with van der Waals surface area (Å²) in [6.07, 6.45) is 2.20. The maximum Gasteiger partial charge on any atom is 0.104 e. The van der Waals surface area contributed by atoms with Crippen molar-refractivity contribution in [2.45, 2.75) is 17.6 Å². The zero-order chi connectivity index (χ0) is 41.0. The summed E-state index contributed by atoms with van der Waals surface area (Å²) in [4.78, 5) is 2.44. The number of nitrogens with zero attached hydrogens (tertiary/aromatic N) is 1. The molecule has 3 heteroatoms. The summed E-state index contributed by atoms with van der Waals surface area (Å²) in [5.41, 5.74) is 20.3. The first-order chi connectivity index (χ1) is 30.7. The summed E-state index contributed by atoms with van der Waals surface area (Å²) in [6.45, 7) is 0. The topological polar surface area (TPSA) is 27.3 Å². The Morgan fingerprint density at radius 1 is 0.371 bits per heavy atom. The second-order valence-corrected chi connectivity index (χ2v) is 16.5. The summed E-state index contributed by atoms with van der Waals surface area (Å²) < 4.78 is 0. The zero-order valence-corrected chi connectivity index (χ0v) is 34.1. The molecule has 9 aromatic carbocycles. The van der Waals surface area contributed by atoms with Crippen LogP contribution in [0.3, 0.4) is 0 Å². The van der Waals surface area contributed by atoms with Crippen LogP contribution in [0.15, 0.2) is 237 Å². The molecule has 62 heavy (non-hydrogen) atoms.